The van der Waals surface area contributed by atoms with E-state index in [0.717, 1.165) is 6.42 Å². The van der Waals surface area contributed by atoms with Gasteiger partial charge in [-0.05, 0) is 30.5 Å². The minimum absolute atomic E-state index is 0.121. The van der Waals surface area contributed by atoms with Crippen molar-refractivity contribution in [3.8, 4) is 0 Å². The Kier molecular flexibility index (Phi) is 3.18. The Morgan fingerprint density at radius 3 is 2.90 bits per heavy atom. The predicted octanol–water partition coefficient (Wildman–Crippen LogP) is 1.12. The third kappa shape index (κ3) is 2.27. The van der Waals surface area contributed by atoms with Crippen molar-refractivity contribution in [2.45, 2.75) is 30.6 Å². The van der Waals surface area contributed by atoms with Crippen LogP contribution in [0.2, 0.25) is 0 Å². The Morgan fingerprint density at radius 2 is 2.15 bits per heavy atom. The molecule has 2 heterocycles. The predicted molar refractivity (Wildman–Crippen MR) is 73.2 cm³/mol. The number of aromatic nitrogens is 1. The highest BCUT2D eigenvalue weighted by Gasteiger charge is 2.35. The molecule has 0 radical (unpaired) electrons. The second-order valence-electron chi connectivity index (χ2n) is 5.12. The number of aliphatic hydroxyl groups is 1. The van der Waals surface area contributed by atoms with Gasteiger partial charge in [0.05, 0.1) is 22.6 Å². The summed E-state index contributed by atoms with van der Waals surface area (Å²) in [5.74, 6) is -0.451. The molecule has 0 spiro atoms. The summed E-state index contributed by atoms with van der Waals surface area (Å²) in [4.78, 5) is 13.6. The van der Waals surface area contributed by atoms with Crippen LogP contribution in [-0.4, -0.2) is 29.5 Å². The molecule has 7 heteroatoms. The summed E-state index contributed by atoms with van der Waals surface area (Å²) in [6.07, 6.45) is 0.808. The van der Waals surface area contributed by atoms with Gasteiger partial charge in [0.2, 0.25) is 0 Å². The lowest BCUT2D eigenvalue weighted by molar-refractivity contribution is 0.164. The molecule has 0 aliphatic carbocycles. The van der Waals surface area contributed by atoms with Gasteiger partial charge in [-0.1, -0.05) is 12.5 Å². The van der Waals surface area contributed by atoms with E-state index in [-0.39, 0.29) is 5.75 Å². The average Bonchev–Trinajstić information content (AvgIpc) is 2.76. The number of aliphatic hydroxyl groups excluding tert-OH is 1. The molecule has 2 atom stereocenters. The number of benzene rings is 1. The van der Waals surface area contributed by atoms with Crippen LogP contribution in [0.4, 0.5) is 0 Å². The van der Waals surface area contributed by atoms with Gasteiger partial charge in [0, 0.05) is 0 Å². The third-order valence-electron chi connectivity index (χ3n) is 3.77. The first-order valence-corrected chi connectivity index (χ1v) is 8.21. The monoisotopic (exact) mass is 297 g/mol. The van der Waals surface area contributed by atoms with Crippen LogP contribution in [-0.2, 0) is 9.84 Å². The second kappa shape index (κ2) is 4.75. The van der Waals surface area contributed by atoms with Crippen molar-refractivity contribution < 1.29 is 17.9 Å². The lowest BCUT2D eigenvalue weighted by Gasteiger charge is -2.26. The molecular formula is C13H15NO5S. The number of oxazole rings is 1. The van der Waals surface area contributed by atoms with E-state index in [1.807, 2.05) is 0 Å². The molecule has 1 saturated heterocycles. The number of hydrogen-bond acceptors (Lipinski definition) is 5. The Morgan fingerprint density at radius 1 is 1.35 bits per heavy atom. The summed E-state index contributed by atoms with van der Waals surface area (Å²) in [5, 5.41) is 9.56. The Balaban J connectivity index is 1.99. The fourth-order valence-corrected chi connectivity index (χ4v) is 4.68. The van der Waals surface area contributed by atoms with E-state index in [4.69, 9.17) is 4.42 Å². The highest BCUT2D eigenvalue weighted by Crippen LogP contribution is 2.31. The molecule has 2 aromatic rings. The van der Waals surface area contributed by atoms with Gasteiger partial charge in [0.25, 0.3) is 0 Å². The lowest BCUT2D eigenvalue weighted by atomic mass is 10.0. The SMILES string of the molecule is O=c1[nH]c2ccc(C(O)C3CCCCS3(=O)=O)cc2o1. The molecule has 1 fully saturated rings. The quantitative estimate of drug-likeness (QED) is 0.865. The first-order valence-electron chi connectivity index (χ1n) is 6.50. The van der Waals surface area contributed by atoms with Crippen molar-refractivity contribution >= 4 is 20.9 Å². The van der Waals surface area contributed by atoms with Crippen LogP contribution in [0.1, 0.15) is 30.9 Å². The summed E-state index contributed by atoms with van der Waals surface area (Å²) in [6.45, 7) is 0. The molecule has 3 rings (SSSR count). The molecule has 0 amide bonds. The molecule has 0 bridgehead atoms. The maximum absolute atomic E-state index is 12.0. The molecular weight excluding hydrogens is 282 g/mol. The van der Waals surface area contributed by atoms with Gasteiger partial charge in [0.15, 0.2) is 15.4 Å². The minimum Gasteiger partial charge on any atom is -0.408 e. The average molecular weight is 297 g/mol. The fourth-order valence-electron chi connectivity index (χ4n) is 2.69. The van der Waals surface area contributed by atoms with Crippen LogP contribution in [0.25, 0.3) is 11.1 Å². The number of nitrogens with one attached hydrogen (secondary N) is 1. The van der Waals surface area contributed by atoms with Gasteiger partial charge < -0.3 is 9.52 Å². The highest BCUT2D eigenvalue weighted by atomic mass is 32.2. The van der Waals surface area contributed by atoms with E-state index in [1.165, 1.54) is 6.07 Å². The summed E-state index contributed by atoms with van der Waals surface area (Å²) in [5.41, 5.74) is 1.30. The van der Waals surface area contributed by atoms with Crippen LogP contribution in [0.5, 0.6) is 0 Å². The topological polar surface area (TPSA) is 100 Å². The molecule has 20 heavy (non-hydrogen) atoms. The first-order chi connectivity index (χ1) is 9.47. The van der Waals surface area contributed by atoms with Gasteiger partial charge in [-0.2, -0.15) is 0 Å². The van der Waals surface area contributed by atoms with Crippen molar-refractivity contribution in [2.24, 2.45) is 0 Å². The van der Waals surface area contributed by atoms with Crippen LogP contribution >= 0.6 is 0 Å². The Hall–Kier alpha value is -1.60. The normalized spacial score (nSPS) is 23.8. The Bertz CT molecular complexity index is 788. The molecule has 6 nitrogen and oxygen atoms in total. The van der Waals surface area contributed by atoms with Gasteiger partial charge in [-0.25, -0.2) is 13.2 Å². The number of sulfone groups is 1. The second-order valence-corrected chi connectivity index (χ2v) is 7.46. The number of H-pyrrole nitrogens is 1. The largest absolute Gasteiger partial charge is 0.417 e. The maximum Gasteiger partial charge on any atom is 0.417 e. The molecule has 1 aliphatic rings. The van der Waals surface area contributed by atoms with E-state index in [1.54, 1.807) is 12.1 Å². The summed E-state index contributed by atoms with van der Waals surface area (Å²) < 4.78 is 29.0. The van der Waals surface area contributed by atoms with Crippen LogP contribution in [0, 0.1) is 0 Å². The van der Waals surface area contributed by atoms with Crippen molar-refractivity contribution in [2.75, 3.05) is 5.75 Å². The fraction of sp³-hybridized carbons (Fsp3) is 0.462. The summed E-state index contributed by atoms with van der Waals surface area (Å²) in [7, 11) is -3.27. The van der Waals surface area contributed by atoms with Crippen LogP contribution in [0.15, 0.2) is 27.4 Å². The number of aromatic amines is 1. The third-order valence-corrected chi connectivity index (χ3v) is 6.04. The molecule has 1 aromatic heterocycles. The Labute approximate surface area is 115 Å². The van der Waals surface area contributed by atoms with Crippen LogP contribution in [0.3, 0.4) is 0 Å². The van der Waals surface area contributed by atoms with Crippen molar-refractivity contribution in [1.29, 1.82) is 0 Å². The van der Waals surface area contributed by atoms with Crippen molar-refractivity contribution in [3.05, 3.63) is 34.3 Å². The number of hydrogen-bond donors (Lipinski definition) is 2. The molecule has 0 saturated carbocycles. The van der Waals surface area contributed by atoms with E-state index < -0.39 is 26.9 Å². The zero-order valence-electron chi connectivity index (χ0n) is 10.7. The minimum atomic E-state index is -3.27. The van der Waals surface area contributed by atoms with Gasteiger partial charge in [0.1, 0.15) is 0 Å². The summed E-state index contributed by atoms with van der Waals surface area (Å²) >= 11 is 0. The van der Waals surface area contributed by atoms with E-state index in [9.17, 15) is 18.3 Å². The smallest absolute Gasteiger partial charge is 0.408 e. The molecule has 2 unspecified atom stereocenters. The van der Waals surface area contributed by atoms with E-state index >= 15 is 0 Å². The standard InChI is InChI=1S/C13H15NO5S/c15-12(11-3-1-2-6-20(11,17)18)8-4-5-9-10(7-8)19-13(16)14-9/h4-5,7,11-12,15H,1-3,6H2,(H,14,16). The van der Waals surface area contributed by atoms with Crippen LogP contribution < -0.4 is 5.76 Å². The van der Waals surface area contributed by atoms with Crippen molar-refractivity contribution in [1.82, 2.24) is 4.98 Å². The molecule has 1 aromatic carbocycles. The van der Waals surface area contributed by atoms with Gasteiger partial charge in [-0.15, -0.1) is 0 Å². The van der Waals surface area contributed by atoms with Gasteiger partial charge in [-0.3, -0.25) is 4.98 Å². The maximum atomic E-state index is 12.0. The first kappa shape index (κ1) is 13.4. The summed E-state index contributed by atoms with van der Waals surface area (Å²) in [6, 6.07) is 4.73. The number of rotatable bonds is 2. The molecule has 108 valence electrons. The van der Waals surface area contributed by atoms with Gasteiger partial charge >= 0.3 is 5.76 Å². The van der Waals surface area contributed by atoms with E-state index in [0.29, 0.717) is 29.5 Å². The number of fused-ring (bicyclic) bond motifs is 1. The molecule has 2 N–H and O–H groups in total. The van der Waals surface area contributed by atoms with E-state index in [2.05, 4.69) is 4.98 Å². The highest BCUT2D eigenvalue weighted by molar-refractivity contribution is 7.92. The zero-order valence-corrected chi connectivity index (χ0v) is 11.5. The zero-order chi connectivity index (χ0) is 14.3. The van der Waals surface area contributed by atoms with Crippen molar-refractivity contribution in [3.63, 3.8) is 0 Å². The lowest BCUT2D eigenvalue weighted by Crippen LogP contribution is -2.33. The molecule has 1 aliphatic heterocycles.